The largest absolute Gasteiger partial charge is 0.366 e. The molecule has 100 valence electrons. The van der Waals surface area contributed by atoms with Gasteiger partial charge in [-0.1, -0.05) is 6.92 Å². The number of hydrogen-bond donors (Lipinski definition) is 1. The Morgan fingerprint density at radius 3 is 2.24 bits per heavy atom. The third-order valence-electron chi connectivity index (χ3n) is 2.81. The SMILES string of the molecule is CCNCCC(=O)N1CC(C)(C)OC(C)(C)C1. The van der Waals surface area contributed by atoms with Gasteiger partial charge in [0.05, 0.1) is 11.2 Å². The van der Waals surface area contributed by atoms with E-state index in [-0.39, 0.29) is 17.1 Å². The molecule has 1 rings (SSSR count). The Bertz CT molecular complexity index is 259. The molecule has 0 aliphatic carbocycles. The number of rotatable bonds is 4. The molecule has 1 aliphatic heterocycles. The molecule has 1 N–H and O–H groups in total. The molecular formula is C13H26N2O2. The van der Waals surface area contributed by atoms with Gasteiger partial charge in [0.25, 0.3) is 0 Å². The molecule has 0 saturated carbocycles. The lowest BCUT2D eigenvalue weighted by Crippen LogP contribution is -2.58. The van der Waals surface area contributed by atoms with Gasteiger partial charge in [-0.2, -0.15) is 0 Å². The van der Waals surface area contributed by atoms with E-state index in [9.17, 15) is 4.79 Å². The molecule has 1 fully saturated rings. The van der Waals surface area contributed by atoms with Gasteiger partial charge in [0.15, 0.2) is 0 Å². The maximum Gasteiger partial charge on any atom is 0.224 e. The highest BCUT2D eigenvalue weighted by Gasteiger charge is 2.39. The predicted octanol–water partition coefficient (Wildman–Crippen LogP) is 1.40. The van der Waals surface area contributed by atoms with Crippen LogP contribution in [0, 0.1) is 0 Å². The quantitative estimate of drug-likeness (QED) is 0.758. The van der Waals surface area contributed by atoms with Crippen LogP contribution in [-0.2, 0) is 9.53 Å². The minimum atomic E-state index is -0.254. The Hall–Kier alpha value is -0.610. The first-order valence-electron chi connectivity index (χ1n) is 6.44. The van der Waals surface area contributed by atoms with Gasteiger partial charge in [-0.05, 0) is 34.2 Å². The number of carbonyl (C=O) groups is 1. The molecule has 1 saturated heterocycles. The van der Waals surface area contributed by atoms with Gasteiger partial charge in [-0.15, -0.1) is 0 Å². The Balaban J connectivity index is 2.55. The van der Waals surface area contributed by atoms with Crippen LogP contribution in [0.15, 0.2) is 0 Å². The number of ether oxygens (including phenoxy) is 1. The zero-order chi connectivity index (χ0) is 13.1. The molecule has 1 amide bonds. The Labute approximate surface area is 105 Å². The molecular weight excluding hydrogens is 216 g/mol. The van der Waals surface area contributed by atoms with Gasteiger partial charge in [0, 0.05) is 26.1 Å². The van der Waals surface area contributed by atoms with Crippen LogP contribution >= 0.6 is 0 Å². The molecule has 0 unspecified atom stereocenters. The van der Waals surface area contributed by atoms with E-state index in [1.807, 2.05) is 39.5 Å². The molecule has 4 heteroatoms. The van der Waals surface area contributed by atoms with Crippen molar-refractivity contribution in [1.29, 1.82) is 0 Å². The van der Waals surface area contributed by atoms with E-state index < -0.39 is 0 Å². The van der Waals surface area contributed by atoms with E-state index >= 15 is 0 Å². The lowest BCUT2D eigenvalue weighted by atomic mass is 9.98. The fraction of sp³-hybridized carbons (Fsp3) is 0.923. The molecule has 0 bridgehead atoms. The minimum absolute atomic E-state index is 0.218. The third-order valence-corrected chi connectivity index (χ3v) is 2.81. The van der Waals surface area contributed by atoms with Crippen molar-refractivity contribution < 1.29 is 9.53 Å². The first-order chi connectivity index (χ1) is 7.76. The number of morpholine rings is 1. The summed E-state index contributed by atoms with van der Waals surface area (Å²) in [6, 6.07) is 0. The summed E-state index contributed by atoms with van der Waals surface area (Å²) in [5, 5.41) is 3.18. The lowest BCUT2D eigenvalue weighted by molar-refractivity contribution is -0.187. The monoisotopic (exact) mass is 242 g/mol. The summed E-state index contributed by atoms with van der Waals surface area (Å²) in [5.41, 5.74) is -0.509. The highest BCUT2D eigenvalue weighted by Crippen LogP contribution is 2.28. The Kier molecular flexibility index (Phi) is 4.55. The normalized spacial score (nSPS) is 22.5. The maximum absolute atomic E-state index is 12.1. The van der Waals surface area contributed by atoms with Crippen LogP contribution in [0.3, 0.4) is 0 Å². The summed E-state index contributed by atoms with van der Waals surface area (Å²) < 4.78 is 5.96. The van der Waals surface area contributed by atoms with E-state index in [1.54, 1.807) is 0 Å². The van der Waals surface area contributed by atoms with Gasteiger partial charge >= 0.3 is 0 Å². The maximum atomic E-state index is 12.1. The molecule has 0 radical (unpaired) electrons. The average Bonchev–Trinajstić information content (AvgIpc) is 2.13. The number of amides is 1. The predicted molar refractivity (Wildman–Crippen MR) is 69.0 cm³/mol. The second-order valence-corrected chi connectivity index (χ2v) is 5.97. The third kappa shape index (κ3) is 4.64. The smallest absolute Gasteiger partial charge is 0.224 e. The summed E-state index contributed by atoms with van der Waals surface area (Å²) in [6.07, 6.45) is 0.569. The van der Waals surface area contributed by atoms with E-state index in [1.165, 1.54) is 0 Å². The van der Waals surface area contributed by atoms with Crippen molar-refractivity contribution in [3.63, 3.8) is 0 Å². The summed E-state index contributed by atoms with van der Waals surface area (Å²) in [6.45, 7) is 13.2. The first kappa shape index (κ1) is 14.5. The standard InChI is InChI=1S/C13H26N2O2/c1-6-14-8-7-11(16)15-9-12(2,3)17-13(4,5)10-15/h14H,6-10H2,1-5H3. The van der Waals surface area contributed by atoms with Crippen molar-refractivity contribution in [2.75, 3.05) is 26.2 Å². The molecule has 0 aromatic heterocycles. The Morgan fingerprint density at radius 2 is 1.76 bits per heavy atom. The fourth-order valence-electron chi connectivity index (χ4n) is 2.49. The summed E-state index contributed by atoms with van der Waals surface area (Å²) >= 11 is 0. The lowest BCUT2D eigenvalue weighted by Gasteiger charge is -2.47. The number of carbonyl (C=O) groups excluding carboxylic acids is 1. The van der Waals surface area contributed by atoms with Crippen LogP contribution in [0.5, 0.6) is 0 Å². The summed E-state index contributed by atoms with van der Waals surface area (Å²) in [5.74, 6) is 0.218. The van der Waals surface area contributed by atoms with Crippen molar-refractivity contribution in [1.82, 2.24) is 10.2 Å². The molecule has 1 aliphatic rings. The van der Waals surface area contributed by atoms with E-state index in [0.29, 0.717) is 19.5 Å². The summed E-state index contributed by atoms with van der Waals surface area (Å²) in [4.78, 5) is 14.0. The van der Waals surface area contributed by atoms with Crippen molar-refractivity contribution >= 4 is 5.91 Å². The fourth-order valence-corrected chi connectivity index (χ4v) is 2.49. The average molecular weight is 242 g/mol. The van der Waals surface area contributed by atoms with Crippen LogP contribution < -0.4 is 5.32 Å². The molecule has 0 spiro atoms. The second-order valence-electron chi connectivity index (χ2n) is 5.97. The van der Waals surface area contributed by atoms with Gasteiger partial charge in [-0.3, -0.25) is 4.79 Å². The van der Waals surface area contributed by atoms with E-state index in [4.69, 9.17) is 4.74 Å². The van der Waals surface area contributed by atoms with Crippen LogP contribution in [0.25, 0.3) is 0 Å². The molecule has 4 nitrogen and oxygen atoms in total. The van der Waals surface area contributed by atoms with Gasteiger partial charge in [0.1, 0.15) is 0 Å². The highest BCUT2D eigenvalue weighted by molar-refractivity contribution is 5.76. The molecule has 1 heterocycles. The number of nitrogens with one attached hydrogen (secondary N) is 1. The topological polar surface area (TPSA) is 41.6 Å². The molecule has 0 aromatic carbocycles. The van der Waals surface area contributed by atoms with Crippen LogP contribution in [-0.4, -0.2) is 48.2 Å². The van der Waals surface area contributed by atoms with Gasteiger partial charge < -0.3 is 15.0 Å². The Morgan fingerprint density at radius 1 is 1.24 bits per heavy atom. The minimum Gasteiger partial charge on any atom is -0.366 e. The van der Waals surface area contributed by atoms with Crippen molar-refractivity contribution in [2.24, 2.45) is 0 Å². The zero-order valence-corrected chi connectivity index (χ0v) is 11.8. The van der Waals surface area contributed by atoms with Crippen molar-refractivity contribution in [3.8, 4) is 0 Å². The molecule has 17 heavy (non-hydrogen) atoms. The number of nitrogens with zero attached hydrogens (tertiary/aromatic N) is 1. The van der Waals surface area contributed by atoms with Gasteiger partial charge in [-0.25, -0.2) is 0 Å². The zero-order valence-electron chi connectivity index (χ0n) is 11.8. The summed E-state index contributed by atoms with van der Waals surface area (Å²) in [7, 11) is 0. The molecule has 0 aromatic rings. The van der Waals surface area contributed by atoms with Crippen molar-refractivity contribution in [3.05, 3.63) is 0 Å². The van der Waals surface area contributed by atoms with E-state index in [2.05, 4.69) is 5.32 Å². The number of hydrogen-bond acceptors (Lipinski definition) is 3. The van der Waals surface area contributed by atoms with Crippen LogP contribution in [0.4, 0.5) is 0 Å². The van der Waals surface area contributed by atoms with Crippen LogP contribution in [0.1, 0.15) is 41.0 Å². The first-order valence-corrected chi connectivity index (χ1v) is 6.44. The second kappa shape index (κ2) is 5.36. The van der Waals surface area contributed by atoms with Crippen molar-refractivity contribution in [2.45, 2.75) is 52.2 Å². The van der Waals surface area contributed by atoms with E-state index in [0.717, 1.165) is 13.1 Å². The van der Waals surface area contributed by atoms with Gasteiger partial charge in [0.2, 0.25) is 5.91 Å². The highest BCUT2D eigenvalue weighted by atomic mass is 16.5. The van der Waals surface area contributed by atoms with Crippen LogP contribution in [0.2, 0.25) is 0 Å². The molecule has 0 atom stereocenters.